The Morgan fingerprint density at radius 1 is 1.45 bits per heavy atom. The maximum atomic E-state index is 11.9. The summed E-state index contributed by atoms with van der Waals surface area (Å²) in [6.07, 6.45) is 4.73. The van der Waals surface area contributed by atoms with E-state index in [9.17, 15) is 4.79 Å². The molecule has 1 amide bonds. The van der Waals surface area contributed by atoms with Crippen molar-refractivity contribution in [3.8, 4) is 0 Å². The third kappa shape index (κ3) is 2.55. The molecule has 0 atom stereocenters. The number of carbonyl (C=O) groups excluding carboxylic acids is 1. The first kappa shape index (κ1) is 12.8. The average molecular weight is 286 g/mol. The summed E-state index contributed by atoms with van der Waals surface area (Å²) >= 11 is 1.42. The summed E-state index contributed by atoms with van der Waals surface area (Å²) in [6.45, 7) is 1.97. The molecule has 0 aliphatic carbocycles. The average Bonchev–Trinajstić information content (AvgIpc) is 3.03. The second kappa shape index (κ2) is 5.42. The van der Waals surface area contributed by atoms with E-state index in [1.165, 1.54) is 11.3 Å². The molecule has 1 N–H and O–H groups in total. The van der Waals surface area contributed by atoms with Gasteiger partial charge in [0.1, 0.15) is 5.65 Å². The van der Waals surface area contributed by atoms with E-state index in [1.54, 1.807) is 6.20 Å². The smallest absolute Gasteiger partial charge is 0.226 e. The Bertz CT molecular complexity index is 733. The first-order valence-corrected chi connectivity index (χ1v) is 7.24. The summed E-state index contributed by atoms with van der Waals surface area (Å²) in [5, 5.41) is 5.27. The number of hydrogen-bond acceptors (Lipinski definition) is 4. The first-order chi connectivity index (χ1) is 9.74. The van der Waals surface area contributed by atoms with Gasteiger partial charge < -0.3 is 9.72 Å². The van der Waals surface area contributed by atoms with Gasteiger partial charge in [0.05, 0.1) is 5.69 Å². The van der Waals surface area contributed by atoms with Gasteiger partial charge >= 0.3 is 0 Å². The minimum Gasteiger partial charge on any atom is -0.304 e. The van der Waals surface area contributed by atoms with Gasteiger partial charge in [-0.05, 0) is 25.5 Å². The van der Waals surface area contributed by atoms with Crippen molar-refractivity contribution < 1.29 is 4.79 Å². The van der Waals surface area contributed by atoms with Crippen LogP contribution >= 0.6 is 11.3 Å². The Balaban J connectivity index is 1.70. The fraction of sp³-hybridized carbons (Fsp3) is 0.214. The highest BCUT2D eigenvalue weighted by molar-refractivity contribution is 7.13. The highest BCUT2D eigenvalue weighted by Gasteiger charge is 2.11. The Morgan fingerprint density at radius 3 is 3.15 bits per heavy atom. The predicted octanol–water partition coefficient (Wildman–Crippen LogP) is 2.67. The van der Waals surface area contributed by atoms with Crippen LogP contribution in [0.1, 0.15) is 17.8 Å². The standard InChI is InChI=1S/C14H14N4OS/c1-10-11(18-8-3-2-4-12(18)16-10)5-6-13(19)17-14-15-7-9-20-14/h2-4,7-9H,5-6H2,1H3,(H,15,17,19). The summed E-state index contributed by atoms with van der Waals surface area (Å²) in [5.74, 6) is -0.0229. The molecule has 0 bridgehead atoms. The lowest BCUT2D eigenvalue weighted by atomic mass is 10.2. The van der Waals surface area contributed by atoms with Gasteiger partial charge in [-0.1, -0.05) is 6.07 Å². The second-order valence-electron chi connectivity index (χ2n) is 4.46. The maximum Gasteiger partial charge on any atom is 0.226 e. The topological polar surface area (TPSA) is 59.3 Å². The van der Waals surface area contributed by atoms with Crippen molar-refractivity contribution in [1.82, 2.24) is 14.4 Å². The van der Waals surface area contributed by atoms with Crippen LogP contribution in [0.2, 0.25) is 0 Å². The minimum atomic E-state index is -0.0229. The molecule has 5 nitrogen and oxygen atoms in total. The number of thiazole rings is 1. The monoisotopic (exact) mass is 286 g/mol. The van der Waals surface area contributed by atoms with Gasteiger partial charge in [-0.15, -0.1) is 11.3 Å². The largest absolute Gasteiger partial charge is 0.304 e. The summed E-state index contributed by atoms with van der Waals surface area (Å²) in [4.78, 5) is 20.4. The molecule has 0 aliphatic heterocycles. The number of aryl methyl sites for hydroxylation is 2. The lowest BCUT2D eigenvalue weighted by Crippen LogP contribution is -2.12. The van der Waals surface area contributed by atoms with Gasteiger partial charge in [-0.25, -0.2) is 9.97 Å². The van der Waals surface area contributed by atoms with E-state index < -0.39 is 0 Å². The third-order valence-corrected chi connectivity index (χ3v) is 3.79. The molecule has 20 heavy (non-hydrogen) atoms. The molecule has 3 aromatic rings. The lowest BCUT2D eigenvalue weighted by Gasteiger charge is -2.03. The molecule has 0 radical (unpaired) electrons. The molecule has 0 saturated heterocycles. The number of hydrogen-bond donors (Lipinski definition) is 1. The highest BCUT2D eigenvalue weighted by Crippen LogP contribution is 2.15. The molecule has 3 aromatic heterocycles. The Labute approximate surface area is 120 Å². The maximum absolute atomic E-state index is 11.9. The molecule has 0 aromatic carbocycles. The molecule has 102 valence electrons. The van der Waals surface area contributed by atoms with Crippen molar-refractivity contribution in [2.45, 2.75) is 19.8 Å². The lowest BCUT2D eigenvalue weighted by molar-refractivity contribution is -0.116. The van der Waals surface area contributed by atoms with Crippen LogP contribution in [0.15, 0.2) is 36.0 Å². The number of imidazole rings is 1. The van der Waals surface area contributed by atoms with Gasteiger partial charge in [0.2, 0.25) is 5.91 Å². The van der Waals surface area contributed by atoms with E-state index in [4.69, 9.17) is 0 Å². The van der Waals surface area contributed by atoms with Gasteiger partial charge in [0, 0.05) is 29.9 Å². The van der Waals surface area contributed by atoms with Crippen molar-refractivity contribution in [3.63, 3.8) is 0 Å². The molecule has 3 heterocycles. The Kier molecular flexibility index (Phi) is 3.47. The van der Waals surface area contributed by atoms with Crippen LogP contribution in [0.4, 0.5) is 5.13 Å². The van der Waals surface area contributed by atoms with Gasteiger partial charge in [-0.2, -0.15) is 0 Å². The molecular weight excluding hydrogens is 272 g/mol. The van der Waals surface area contributed by atoms with E-state index in [1.807, 2.05) is 41.1 Å². The Morgan fingerprint density at radius 2 is 2.35 bits per heavy atom. The second-order valence-corrected chi connectivity index (χ2v) is 5.35. The number of pyridine rings is 1. The molecular formula is C14H14N4OS. The number of nitrogens with one attached hydrogen (secondary N) is 1. The van der Waals surface area contributed by atoms with E-state index in [2.05, 4.69) is 15.3 Å². The zero-order chi connectivity index (χ0) is 13.9. The zero-order valence-corrected chi connectivity index (χ0v) is 11.9. The molecule has 6 heteroatoms. The molecule has 0 saturated carbocycles. The quantitative estimate of drug-likeness (QED) is 0.802. The van der Waals surface area contributed by atoms with Crippen LogP contribution < -0.4 is 5.32 Å². The normalized spacial score (nSPS) is 10.8. The van der Waals surface area contributed by atoms with Crippen molar-refractivity contribution in [3.05, 3.63) is 47.4 Å². The number of rotatable bonds is 4. The zero-order valence-electron chi connectivity index (χ0n) is 11.0. The van der Waals surface area contributed by atoms with Crippen molar-refractivity contribution in [1.29, 1.82) is 0 Å². The SMILES string of the molecule is Cc1nc2ccccn2c1CCC(=O)Nc1nccs1. The number of carbonyl (C=O) groups is 1. The minimum absolute atomic E-state index is 0.0229. The summed E-state index contributed by atoms with van der Waals surface area (Å²) in [6, 6.07) is 5.89. The summed E-state index contributed by atoms with van der Waals surface area (Å²) < 4.78 is 2.03. The van der Waals surface area contributed by atoms with Crippen LogP contribution in [-0.4, -0.2) is 20.3 Å². The highest BCUT2D eigenvalue weighted by atomic mass is 32.1. The fourth-order valence-electron chi connectivity index (χ4n) is 2.16. The van der Waals surface area contributed by atoms with Gasteiger partial charge in [-0.3, -0.25) is 4.79 Å². The molecule has 3 rings (SSSR count). The number of nitrogens with zero attached hydrogens (tertiary/aromatic N) is 3. The number of amides is 1. The predicted molar refractivity (Wildman–Crippen MR) is 79.0 cm³/mol. The molecule has 0 fully saturated rings. The summed E-state index contributed by atoms with van der Waals surface area (Å²) in [7, 11) is 0. The van der Waals surface area contributed by atoms with Crippen LogP contribution in [0, 0.1) is 6.92 Å². The fourth-order valence-corrected chi connectivity index (χ4v) is 2.71. The van der Waals surface area contributed by atoms with Crippen LogP contribution in [0.3, 0.4) is 0 Å². The number of anilines is 1. The van der Waals surface area contributed by atoms with Crippen LogP contribution in [-0.2, 0) is 11.2 Å². The van der Waals surface area contributed by atoms with E-state index in [0.717, 1.165) is 17.0 Å². The third-order valence-electron chi connectivity index (χ3n) is 3.10. The summed E-state index contributed by atoms with van der Waals surface area (Å²) in [5.41, 5.74) is 2.97. The number of fused-ring (bicyclic) bond motifs is 1. The number of aromatic nitrogens is 3. The van der Waals surface area contributed by atoms with Crippen molar-refractivity contribution in [2.24, 2.45) is 0 Å². The van der Waals surface area contributed by atoms with Gasteiger partial charge in [0.15, 0.2) is 5.13 Å². The molecule has 0 unspecified atom stereocenters. The van der Waals surface area contributed by atoms with Crippen molar-refractivity contribution >= 4 is 28.0 Å². The van der Waals surface area contributed by atoms with Crippen LogP contribution in [0.5, 0.6) is 0 Å². The first-order valence-electron chi connectivity index (χ1n) is 6.36. The molecule has 0 aliphatic rings. The van der Waals surface area contributed by atoms with Crippen molar-refractivity contribution in [2.75, 3.05) is 5.32 Å². The Hall–Kier alpha value is -2.21. The van der Waals surface area contributed by atoms with Gasteiger partial charge in [0.25, 0.3) is 0 Å². The van der Waals surface area contributed by atoms with E-state index >= 15 is 0 Å². The van der Waals surface area contributed by atoms with Crippen LogP contribution in [0.25, 0.3) is 5.65 Å². The van der Waals surface area contributed by atoms with E-state index in [0.29, 0.717) is 18.0 Å². The van der Waals surface area contributed by atoms with E-state index in [-0.39, 0.29) is 5.91 Å². The molecule has 0 spiro atoms.